The minimum absolute atomic E-state index is 0.0356. The van der Waals surface area contributed by atoms with Crippen molar-refractivity contribution in [2.45, 2.75) is 12.7 Å². The number of benzene rings is 2. The molecule has 24 heavy (non-hydrogen) atoms. The third-order valence-corrected chi connectivity index (χ3v) is 5.20. The van der Waals surface area contributed by atoms with Crippen LogP contribution in [0.25, 0.3) is 10.2 Å². The van der Waals surface area contributed by atoms with E-state index in [-0.39, 0.29) is 11.7 Å². The summed E-state index contributed by atoms with van der Waals surface area (Å²) in [6, 6.07) is 12.5. The summed E-state index contributed by atoms with van der Waals surface area (Å²) in [4.78, 5) is 16.7. The molecule has 0 atom stereocenters. The van der Waals surface area contributed by atoms with Crippen LogP contribution in [0.3, 0.4) is 0 Å². The van der Waals surface area contributed by atoms with Crippen LogP contribution in [0.4, 0.5) is 5.13 Å². The van der Waals surface area contributed by atoms with E-state index >= 15 is 0 Å². The summed E-state index contributed by atoms with van der Waals surface area (Å²) in [6.07, 6.45) is 1.18. The molecule has 1 amide bonds. The van der Waals surface area contributed by atoms with Crippen LogP contribution in [0, 0.1) is 6.92 Å². The van der Waals surface area contributed by atoms with Crippen molar-refractivity contribution in [2.24, 2.45) is 0 Å². The lowest BCUT2D eigenvalue weighted by Gasteiger charge is -2.03. The van der Waals surface area contributed by atoms with Crippen molar-refractivity contribution in [1.82, 2.24) is 4.98 Å². The number of hydrogen-bond acceptors (Lipinski definition) is 5. The van der Waals surface area contributed by atoms with E-state index in [9.17, 15) is 13.2 Å². The molecule has 0 aliphatic heterocycles. The van der Waals surface area contributed by atoms with E-state index in [1.165, 1.54) is 17.6 Å². The fraction of sp³-hybridized carbons (Fsp3) is 0.176. The van der Waals surface area contributed by atoms with Gasteiger partial charge in [0.15, 0.2) is 15.0 Å². The average Bonchev–Trinajstić information content (AvgIpc) is 2.87. The summed E-state index contributed by atoms with van der Waals surface area (Å²) < 4.78 is 23.6. The predicted molar refractivity (Wildman–Crippen MR) is 97.3 cm³/mol. The first-order valence-corrected chi connectivity index (χ1v) is 10.1. The van der Waals surface area contributed by atoms with E-state index in [2.05, 4.69) is 10.3 Å². The topological polar surface area (TPSA) is 76.1 Å². The zero-order chi connectivity index (χ0) is 17.3. The van der Waals surface area contributed by atoms with Crippen LogP contribution in [-0.2, 0) is 15.6 Å². The van der Waals surface area contributed by atoms with Crippen molar-refractivity contribution >= 4 is 42.4 Å². The van der Waals surface area contributed by atoms with Gasteiger partial charge >= 0.3 is 0 Å². The number of sulfone groups is 1. The number of aromatic nitrogens is 1. The zero-order valence-electron chi connectivity index (χ0n) is 13.2. The number of nitrogens with zero attached hydrogens (tertiary/aromatic N) is 1. The molecule has 2 aromatic carbocycles. The molecule has 0 fully saturated rings. The van der Waals surface area contributed by atoms with Gasteiger partial charge in [0.1, 0.15) is 0 Å². The van der Waals surface area contributed by atoms with Gasteiger partial charge in [-0.25, -0.2) is 13.4 Å². The highest BCUT2D eigenvalue weighted by Gasteiger charge is 2.11. The lowest BCUT2D eigenvalue weighted by atomic mass is 10.1. The number of aryl methyl sites for hydroxylation is 1. The molecular weight excluding hydrogens is 344 g/mol. The predicted octanol–water partition coefficient (Wildman–Crippen LogP) is 3.40. The van der Waals surface area contributed by atoms with Crippen LogP contribution >= 0.6 is 11.3 Å². The van der Waals surface area contributed by atoms with Crippen molar-refractivity contribution in [3.8, 4) is 0 Å². The quantitative estimate of drug-likeness (QED) is 0.774. The van der Waals surface area contributed by atoms with Gasteiger partial charge in [0, 0.05) is 11.8 Å². The Morgan fingerprint density at radius 2 is 1.88 bits per heavy atom. The number of hydrogen-bond donors (Lipinski definition) is 1. The number of fused-ring (bicyclic) bond motifs is 1. The molecule has 0 unspecified atom stereocenters. The van der Waals surface area contributed by atoms with Gasteiger partial charge in [-0.05, 0) is 42.3 Å². The molecular formula is C17H16N2O3S2. The maximum absolute atomic E-state index is 12.3. The van der Waals surface area contributed by atoms with Crippen molar-refractivity contribution in [3.05, 3.63) is 59.2 Å². The second kappa shape index (κ2) is 6.33. The first-order chi connectivity index (χ1) is 11.3. The highest BCUT2D eigenvalue weighted by molar-refractivity contribution is 7.89. The van der Waals surface area contributed by atoms with Crippen LogP contribution in [0.2, 0.25) is 0 Å². The van der Waals surface area contributed by atoms with Gasteiger partial charge in [0.05, 0.1) is 16.0 Å². The van der Waals surface area contributed by atoms with Gasteiger partial charge in [0.25, 0.3) is 5.91 Å². The van der Waals surface area contributed by atoms with Crippen molar-refractivity contribution in [3.63, 3.8) is 0 Å². The Bertz CT molecular complexity index is 1010. The van der Waals surface area contributed by atoms with E-state index in [1.807, 2.05) is 25.1 Å². The van der Waals surface area contributed by atoms with E-state index in [0.29, 0.717) is 16.3 Å². The largest absolute Gasteiger partial charge is 0.298 e. The minimum Gasteiger partial charge on any atom is -0.298 e. The van der Waals surface area contributed by atoms with Crippen molar-refractivity contribution in [2.75, 3.05) is 11.6 Å². The van der Waals surface area contributed by atoms with E-state index < -0.39 is 9.84 Å². The van der Waals surface area contributed by atoms with Crippen molar-refractivity contribution in [1.29, 1.82) is 0 Å². The summed E-state index contributed by atoms with van der Waals surface area (Å²) in [5.41, 5.74) is 3.11. The molecule has 124 valence electrons. The minimum atomic E-state index is -3.09. The molecule has 5 nitrogen and oxygen atoms in total. The first-order valence-electron chi connectivity index (χ1n) is 7.25. The van der Waals surface area contributed by atoms with Gasteiger partial charge in [-0.1, -0.05) is 29.5 Å². The molecule has 0 radical (unpaired) electrons. The smallest absolute Gasteiger partial charge is 0.257 e. The van der Waals surface area contributed by atoms with Crippen LogP contribution < -0.4 is 5.32 Å². The molecule has 1 heterocycles. The van der Waals surface area contributed by atoms with Crippen LogP contribution in [0.5, 0.6) is 0 Å². The Labute approximate surface area is 144 Å². The Morgan fingerprint density at radius 3 is 2.54 bits per heavy atom. The Kier molecular flexibility index (Phi) is 4.38. The van der Waals surface area contributed by atoms with Gasteiger partial charge in [-0.3, -0.25) is 10.1 Å². The average molecular weight is 360 g/mol. The number of carbonyl (C=O) groups is 1. The molecule has 0 aliphatic rings. The first kappa shape index (κ1) is 16.6. The number of thiazole rings is 1. The van der Waals surface area contributed by atoms with Crippen LogP contribution in [0.15, 0.2) is 42.5 Å². The molecule has 0 saturated heterocycles. The Balaban J connectivity index is 1.76. The lowest BCUT2D eigenvalue weighted by molar-refractivity contribution is 0.102. The second-order valence-corrected chi connectivity index (χ2v) is 8.88. The molecule has 0 saturated carbocycles. The van der Waals surface area contributed by atoms with Crippen LogP contribution in [-0.4, -0.2) is 25.6 Å². The lowest BCUT2D eigenvalue weighted by Crippen LogP contribution is -2.11. The summed E-state index contributed by atoms with van der Waals surface area (Å²) in [7, 11) is -3.09. The standard InChI is InChI=1S/C17H16N2O3S2/c1-11-3-8-14-15(9-11)23-17(18-14)19-16(20)13-6-4-12(5-7-13)10-24(2,21)22/h3-9H,10H2,1-2H3,(H,18,19,20). The molecule has 7 heteroatoms. The maximum Gasteiger partial charge on any atom is 0.257 e. The van der Waals surface area contributed by atoms with E-state index in [1.54, 1.807) is 24.3 Å². The molecule has 0 aliphatic carbocycles. The summed E-state index contributed by atoms with van der Waals surface area (Å²) in [5, 5.41) is 3.33. The number of amides is 1. The molecule has 1 aromatic heterocycles. The number of carbonyl (C=O) groups excluding carboxylic acids is 1. The third kappa shape index (κ3) is 3.98. The monoisotopic (exact) mass is 360 g/mol. The SMILES string of the molecule is Cc1ccc2nc(NC(=O)c3ccc(CS(C)(=O)=O)cc3)sc2c1. The summed E-state index contributed by atoms with van der Waals surface area (Å²) >= 11 is 1.42. The number of anilines is 1. The zero-order valence-corrected chi connectivity index (χ0v) is 14.9. The van der Waals surface area contributed by atoms with Gasteiger partial charge in [-0.2, -0.15) is 0 Å². The Hall–Kier alpha value is -2.25. The maximum atomic E-state index is 12.3. The van der Waals surface area contributed by atoms with E-state index in [0.717, 1.165) is 15.8 Å². The molecule has 0 spiro atoms. The molecule has 0 bridgehead atoms. The normalized spacial score (nSPS) is 11.6. The Morgan fingerprint density at radius 1 is 1.17 bits per heavy atom. The van der Waals surface area contributed by atoms with Gasteiger partial charge in [-0.15, -0.1) is 0 Å². The van der Waals surface area contributed by atoms with Crippen molar-refractivity contribution < 1.29 is 13.2 Å². The van der Waals surface area contributed by atoms with Gasteiger partial charge < -0.3 is 0 Å². The summed E-state index contributed by atoms with van der Waals surface area (Å²) in [6.45, 7) is 2.01. The van der Waals surface area contributed by atoms with E-state index in [4.69, 9.17) is 0 Å². The number of nitrogens with one attached hydrogen (secondary N) is 1. The third-order valence-electron chi connectivity index (χ3n) is 3.41. The fourth-order valence-corrected chi connectivity index (χ4v) is 4.07. The summed E-state index contributed by atoms with van der Waals surface area (Å²) in [5.74, 6) is -0.303. The molecule has 1 N–H and O–H groups in total. The van der Waals surface area contributed by atoms with Gasteiger partial charge in [0.2, 0.25) is 0 Å². The highest BCUT2D eigenvalue weighted by Crippen LogP contribution is 2.27. The fourth-order valence-electron chi connectivity index (χ4n) is 2.31. The second-order valence-electron chi connectivity index (χ2n) is 5.71. The van der Waals surface area contributed by atoms with Crippen LogP contribution in [0.1, 0.15) is 21.5 Å². The molecule has 3 aromatic rings. The number of rotatable bonds is 4. The molecule has 3 rings (SSSR count). The highest BCUT2D eigenvalue weighted by atomic mass is 32.2.